The second-order valence-electron chi connectivity index (χ2n) is 6.76. The van der Waals surface area contributed by atoms with Gasteiger partial charge in [-0.1, -0.05) is 24.6 Å². The number of nitrogens with zero attached hydrogens (tertiary/aromatic N) is 2. The molecule has 0 N–H and O–H groups in total. The molecule has 0 radical (unpaired) electrons. The molecule has 24 heavy (non-hydrogen) atoms. The van der Waals surface area contributed by atoms with E-state index in [0.29, 0.717) is 18.9 Å². The zero-order valence-corrected chi connectivity index (χ0v) is 14.6. The molecule has 2 saturated heterocycles. The van der Waals surface area contributed by atoms with Crippen LogP contribution in [0.3, 0.4) is 0 Å². The summed E-state index contributed by atoms with van der Waals surface area (Å²) in [7, 11) is 0. The molecule has 0 saturated carbocycles. The quantitative estimate of drug-likeness (QED) is 0.819. The van der Waals surface area contributed by atoms with Crippen LogP contribution in [0.5, 0.6) is 0 Å². The largest absolute Gasteiger partial charge is 0.341 e. The zero-order chi connectivity index (χ0) is 17.3. The highest BCUT2D eigenvalue weighted by Gasteiger charge is 2.38. The molecule has 1 aromatic rings. The highest BCUT2D eigenvalue weighted by atomic mass is 35.5. The predicted molar refractivity (Wildman–Crippen MR) is 90.4 cm³/mol. The summed E-state index contributed by atoms with van der Waals surface area (Å²) in [5.74, 6) is -0.510. The van der Waals surface area contributed by atoms with Gasteiger partial charge in [-0.3, -0.25) is 9.59 Å². The van der Waals surface area contributed by atoms with Crippen molar-refractivity contribution in [2.45, 2.75) is 38.6 Å². The van der Waals surface area contributed by atoms with E-state index >= 15 is 0 Å². The van der Waals surface area contributed by atoms with Crippen molar-refractivity contribution in [2.24, 2.45) is 5.92 Å². The molecule has 0 aromatic heterocycles. The van der Waals surface area contributed by atoms with Crippen LogP contribution in [-0.4, -0.2) is 47.3 Å². The number of hydrogen-bond donors (Lipinski definition) is 0. The minimum Gasteiger partial charge on any atom is -0.341 e. The van der Waals surface area contributed by atoms with Crippen LogP contribution in [0.1, 0.15) is 43.0 Å². The van der Waals surface area contributed by atoms with Gasteiger partial charge in [0, 0.05) is 19.6 Å². The SMILES string of the molecule is CC1CCN(C(=O)[C@@H]2CCCN2C(=O)c2c(F)cccc2Cl)CC1. The van der Waals surface area contributed by atoms with E-state index in [1.165, 1.54) is 23.1 Å². The standard InChI is InChI=1S/C18H22ClFN2O2/c1-12-7-10-21(11-8-12)17(23)15-6-3-9-22(15)18(24)16-13(19)4-2-5-14(16)20/h2,4-5,12,15H,3,6-11H2,1H3/t15-/m0/s1. The van der Waals surface area contributed by atoms with Crippen LogP contribution in [0, 0.1) is 11.7 Å². The van der Waals surface area contributed by atoms with Gasteiger partial charge in [0.25, 0.3) is 5.91 Å². The summed E-state index contributed by atoms with van der Waals surface area (Å²) in [5.41, 5.74) is -0.133. The van der Waals surface area contributed by atoms with Gasteiger partial charge in [-0.15, -0.1) is 0 Å². The minimum absolute atomic E-state index is 0.0137. The maximum absolute atomic E-state index is 14.1. The van der Waals surface area contributed by atoms with Crippen molar-refractivity contribution in [3.63, 3.8) is 0 Å². The number of carbonyl (C=O) groups is 2. The normalized spacial score (nSPS) is 22.0. The van der Waals surface area contributed by atoms with Crippen molar-refractivity contribution in [2.75, 3.05) is 19.6 Å². The molecule has 1 atom stereocenters. The van der Waals surface area contributed by atoms with E-state index in [-0.39, 0.29) is 16.5 Å². The molecule has 3 rings (SSSR count). The van der Waals surface area contributed by atoms with E-state index in [2.05, 4.69) is 6.92 Å². The van der Waals surface area contributed by atoms with Gasteiger partial charge in [0.05, 0.1) is 10.6 Å². The average molecular weight is 353 g/mol. The van der Waals surface area contributed by atoms with Gasteiger partial charge in [-0.25, -0.2) is 4.39 Å². The molecule has 0 unspecified atom stereocenters. The first-order valence-corrected chi connectivity index (χ1v) is 8.90. The molecule has 2 heterocycles. The van der Waals surface area contributed by atoms with E-state index in [0.717, 1.165) is 32.4 Å². The summed E-state index contributed by atoms with van der Waals surface area (Å²) in [6, 6.07) is 3.69. The summed E-state index contributed by atoms with van der Waals surface area (Å²) in [4.78, 5) is 28.9. The molecule has 4 nitrogen and oxygen atoms in total. The number of hydrogen-bond acceptors (Lipinski definition) is 2. The number of likely N-dealkylation sites (tertiary alicyclic amines) is 2. The first kappa shape index (κ1) is 17.2. The fraction of sp³-hybridized carbons (Fsp3) is 0.556. The molecule has 2 fully saturated rings. The number of halogens is 2. The van der Waals surface area contributed by atoms with Crippen LogP contribution in [0.4, 0.5) is 4.39 Å². The summed E-state index contributed by atoms with van der Waals surface area (Å²) < 4.78 is 14.1. The molecule has 2 aliphatic rings. The Morgan fingerprint density at radius 3 is 2.54 bits per heavy atom. The summed E-state index contributed by atoms with van der Waals surface area (Å²) >= 11 is 6.01. The molecule has 2 aliphatic heterocycles. The van der Waals surface area contributed by atoms with Crippen molar-refractivity contribution >= 4 is 23.4 Å². The third kappa shape index (κ3) is 3.27. The van der Waals surface area contributed by atoms with Gasteiger partial charge in [0.15, 0.2) is 0 Å². The fourth-order valence-corrected chi connectivity index (χ4v) is 3.80. The number of carbonyl (C=O) groups excluding carboxylic acids is 2. The zero-order valence-electron chi connectivity index (χ0n) is 13.8. The predicted octanol–water partition coefficient (Wildman–Crippen LogP) is 3.34. The Kier molecular flexibility index (Phi) is 5.09. The summed E-state index contributed by atoms with van der Waals surface area (Å²) in [6.07, 6.45) is 3.36. The lowest BCUT2D eigenvalue weighted by atomic mass is 9.98. The molecule has 0 bridgehead atoms. The van der Waals surface area contributed by atoms with E-state index in [1.807, 2.05) is 4.90 Å². The smallest absolute Gasteiger partial charge is 0.259 e. The van der Waals surface area contributed by atoms with Gasteiger partial charge in [-0.05, 0) is 43.7 Å². The van der Waals surface area contributed by atoms with Crippen molar-refractivity contribution in [3.8, 4) is 0 Å². The monoisotopic (exact) mass is 352 g/mol. The first-order chi connectivity index (χ1) is 11.5. The van der Waals surface area contributed by atoms with Gasteiger partial charge in [0.2, 0.25) is 5.91 Å². The van der Waals surface area contributed by atoms with E-state index < -0.39 is 17.8 Å². The van der Waals surface area contributed by atoms with Crippen LogP contribution in [0.15, 0.2) is 18.2 Å². The third-order valence-corrected chi connectivity index (χ3v) is 5.39. The molecule has 0 spiro atoms. The van der Waals surface area contributed by atoms with Gasteiger partial charge in [0.1, 0.15) is 11.9 Å². The van der Waals surface area contributed by atoms with Crippen LogP contribution >= 0.6 is 11.6 Å². The molecule has 6 heteroatoms. The minimum atomic E-state index is -0.641. The Hall–Kier alpha value is -1.62. The Morgan fingerprint density at radius 2 is 1.88 bits per heavy atom. The molecule has 130 valence electrons. The number of piperidine rings is 1. The van der Waals surface area contributed by atoms with Crippen molar-refractivity contribution in [1.29, 1.82) is 0 Å². The summed E-state index contributed by atoms with van der Waals surface area (Å²) in [5, 5.41) is 0.0879. The first-order valence-electron chi connectivity index (χ1n) is 8.53. The number of amides is 2. The van der Waals surface area contributed by atoms with E-state index in [9.17, 15) is 14.0 Å². The van der Waals surface area contributed by atoms with E-state index in [1.54, 1.807) is 0 Å². The van der Waals surface area contributed by atoms with Crippen molar-refractivity contribution < 1.29 is 14.0 Å². The molecular formula is C18H22ClFN2O2. The molecule has 2 amide bonds. The Labute approximate surface area is 146 Å². The third-order valence-electron chi connectivity index (χ3n) is 5.07. The second kappa shape index (κ2) is 7.09. The van der Waals surface area contributed by atoms with Gasteiger partial charge in [-0.2, -0.15) is 0 Å². The highest BCUT2D eigenvalue weighted by molar-refractivity contribution is 6.33. The molecular weight excluding hydrogens is 331 g/mol. The topological polar surface area (TPSA) is 40.6 Å². The maximum Gasteiger partial charge on any atom is 0.259 e. The second-order valence-corrected chi connectivity index (χ2v) is 7.17. The maximum atomic E-state index is 14.1. The van der Waals surface area contributed by atoms with Gasteiger partial charge < -0.3 is 9.80 Å². The number of benzene rings is 1. The Balaban J connectivity index is 1.78. The fourth-order valence-electron chi connectivity index (χ4n) is 3.55. The lowest BCUT2D eigenvalue weighted by Gasteiger charge is -2.34. The van der Waals surface area contributed by atoms with Crippen molar-refractivity contribution in [3.05, 3.63) is 34.6 Å². The summed E-state index contributed by atoms with van der Waals surface area (Å²) in [6.45, 7) is 4.12. The average Bonchev–Trinajstić information content (AvgIpc) is 3.04. The molecule has 0 aliphatic carbocycles. The highest BCUT2D eigenvalue weighted by Crippen LogP contribution is 2.27. The van der Waals surface area contributed by atoms with Crippen LogP contribution < -0.4 is 0 Å². The van der Waals surface area contributed by atoms with Crippen LogP contribution in [-0.2, 0) is 4.79 Å². The van der Waals surface area contributed by atoms with Crippen LogP contribution in [0.25, 0.3) is 0 Å². The lowest BCUT2D eigenvalue weighted by molar-refractivity contribution is -0.136. The van der Waals surface area contributed by atoms with Gasteiger partial charge >= 0.3 is 0 Å². The van der Waals surface area contributed by atoms with E-state index in [4.69, 9.17) is 11.6 Å². The molecule has 1 aromatic carbocycles. The lowest BCUT2D eigenvalue weighted by Crippen LogP contribution is -2.50. The van der Waals surface area contributed by atoms with Crippen molar-refractivity contribution in [1.82, 2.24) is 9.80 Å². The number of rotatable bonds is 2. The Bertz CT molecular complexity index is 624. The Morgan fingerprint density at radius 1 is 1.17 bits per heavy atom. The van der Waals surface area contributed by atoms with Crippen LogP contribution in [0.2, 0.25) is 5.02 Å².